The Kier molecular flexibility index (Phi) is 9.57. The molecule has 0 radical (unpaired) electrons. The summed E-state index contributed by atoms with van der Waals surface area (Å²) in [6.07, 6.45) is 5.01. The largest absolute Gasteiger partial charge is 0.493 e. The van der Waals surface area contributed by atoms with Gasteiger partial charge in [0, 0.05) is 32.9 Å². The van der Waals surface area contributed by atoms with Crippen molar-refractivity contribution in [3.05, 3.63) is 23.8 Å². The number of amides is 1. The molecular weight excluding hydrogens is 364 g/mol. The van der Waals surface area contributed by atoms with Crippen LogP contribution in [-0.4, -0.2) is 64.0 Å². The predicted octanol–water partition coefficient (Wildman–Crippen LogP) is 2.17. The number of rotatable bonds is 11. The maximum absolute atomic E-state index is 12.1. The van der Waals surface area contributed by atoms with Crippen LogP contribution in [0.2, 0.25) is 0 Å². The topological polar surface area (TPSA) is 86.3 Å². The number of piperidine rings is 1. The summed E-state index contributed by atoms with van der Waals surface area (Å²) >= 11 is 0. The summed E-state index contributed by atoms with van der Waals surface area (Å²) in [5, 5.41) is 1.92. The molecule has 1 aliphatic rings. The van der Waals surface area contributed by atoms with E-state index < -0.39 is 5.97 Å². The molecule has 1 heterocycles. The van der Waals surface area contributed by atoms with Gasteiger partial charge in [-0.1, -0.05) is 6.42 Å². The Morgan fingerprint density at radius 3 is 2.50 bits per heavy atom. The Morgan fingerprint density at radius 1 is 1.04 bits per heavy atom. The number of hydrogen-bond acceptors (Lipinski definition) is 7. The van der Waals surface area contributed by atoms with Crippen molar-refractivity contribution >= 4 is 11.9 Å². The van der Waals surface area contributed by atoms with Crippen molar-refractivity contribution in [3.63, 3.8) is 0 Å². The van der Waals surface area contributed by atoms with Gasteiger partial charge in [0.05, 0.1) is 13.7 Å². The summed E-state index contributed by atoms with van der Waals surface area (Å²) in [6, 6.07) is 4.81. The summed E-state index contributed by atoms with van der Waals surface area (Å²) in [7, 11) is 2.97. The minimum atomic E-state index is -0.485. The number of esters is 1. The highest BCUT2D eigenvalue weighted by atomic mass is 16.5. The number of methoxy groups -OCH3 is 2. The first-order valence-corrected chi connectivity index (χ1v) is 9.65. The molecule has 1 aromatic carbocycles. The zero-order valence-electron chi connectivity index (χ0n) is 16.7. The molecule has 0 saturated carbocycles. The fourth-order valence-corrected chi connectivity index (χ4v) is 2.88. The van der Waals surface area contributed by atoms with Gasteiger partial charge in [-0.3, -0.25) is 10.2 Å². The second kappa shape index (κ2) is 12.2. The van der Waals surface area contributed by atoms with Crippen LogP contribution in [-0.2, 0) is 14.3 Å². The van der Waals surface area contributed by atoms with E-state index in [1.165, 1.54) is 13.5 Å². The fourth-order valence-electron chi connectivity index (χ4n) is 2.88. The van der Waals surface area contributed by atoms with E-state index in [9.17, 15) is 9.59 Å². The first kappa shape index (κ1) is 22.0. The third kappa shape index (κ3) is 7.36. The lowest BCUT2D eigenvalue weighted by Crippen LogP contribution is -2.46. The van der Waals surface area contributed by atoms with Crippen LogP contribution in [0.25, 0.3) is 0 Å². The normalized spacial score (nSPS) is 14.4. The minimum absolute atomic E-state index is 0.110. The second-order valence-corrected chi connectivity index (χ2v) is 6.57. The molecule has 1 aromatic rings. The first-order valence-electron chi connectivity index (χ1n) is 9.65. The molecule has 8 nitrogen and oxygen atoms in total. The third-order valence-corrected chi connectivity index (χ3v) is 4.37. The van der Waals surface area contributed by atoms with Crippen LogP contribution in [0.1, 0.15) is 42.5 Å². The zero-order valence-corrected chi connectivity index (χ0v) is 16.7. The molecule has 28 heavy (non-hydrogen) atoms. The number of unbranched alkanes of at least 4 members (excludes halogenated alkanes) is 1. The number of nitrogens with zero attached hydrogens (tertiary/aromatic N) is 1. The number of ether oxygens (including phenoxy) is 4. The van der Waals surface area contributed by atoms with E-state index in [0.717, 1.165) is 38.8 Å². The number of hydrazine groups is 1. The van der Waals surface area contributed by atoms with E-state index in [-0.39, 0.29) is 12.5 Å². The predicted molar refractivity (Wildman–Crippen MR) is 103 cm³/mol. The van der Waals surface area contributed by atoms with E-state index in [2.05, 4.69) is 5.43 Å². The molecule has 0 atom stereocenters. The highest BCUT2D eigenvalue weighted by Crippen LogP contribution is 2.26. The van der Waals surface area contributed by atoms with E-state index in [1.807, 2.05) is 5.01 Å². The average molecular weight is 394 g/mol. The molecule has 0 unspecified atom stereocenters. The van der Waals surface area contributed by atoms with Gasteiger partial charge in [-0.2, -0.15) is 0 Å². The molecule has 0 spiro atoms. The van der Waals surface area contributed by atoms with Crippen molar-refractivity contribution in [1.82, 2.24) is 10.4 Å². The van der Waals surface area contributed by atoms with Crippen molar-refractivity contribution < 1.29 is 28.5 Å². The van der Waals surface area contributed by atoms with Gasteiger partial charge in [-0.15, -0.1) is 0 Å². The number of nitrogens with one attached hydrogen (secondary N) is 1. The summed E-state index contributed by atoms with van der Waals surface area (Å²) in [5.74, 6) is 0.133. The van der Waals surface area contributed by atoms with Crippen LogP contribution in [0.15, 0.2) is 18.2 Å². The summed E-state index contributed by atoms with van der Waals surface area (Å²) in [6.45, 7) is 2.71. The minimum Gasteiger partial charge on any atom is -0.493 e. The zero-order chi connectivity index (χ0) is 20.2. The molecule has 0 bridgehead atoms. The van der Waals surface area contributed by atoms with Gasteiger partial charge in [0.25, 0.3) is 5.91 Å². The number of hydrogen-bond donors (Lipinski definition) is 1. The highest BCUT2D eigenvalue weighted by molar-refractivity contribution is 5.92. The summed E-state index contributed by atoms with van der Waals surface area (Å²) < 4.78 is 21.1. The van der Waals surface area contributed by atoms with Gasteiger partial charge < -0.3 is 18.9 Å². The van der Waals surface area contributed by atoms with Crippen molar-refractivity contribution in [2.45, 2.75) is 32.1 Å². The lowest BCUT2D eigenvalue weighted by Gasteiger charge is -2.26. The second-order valence-electron chi connectivity index (χ2n) is 6.57. The van der Waals surface area contributed by atoms with Crippen molar-refractivity contribution in [2.75, 3.05) is 47.1 Å². The van der Waals surface area contributed by atoms with Crippen molar-refractivity contribution in [1.29, 1.82) is 0 Å². The third-order valence-electron chi connectivity index (χ3n) is 4.37. The Balaban J connectivity index is 1.90. The Morgan fingerprint density at radius 2 is 1.79 bits per heavy atom. The molecule has 1 fully saturated rings. The van der Waals surface area contributed by atoms with E-state index in [4.69, 9.17) is 18.9 Å². The van der Waals surface area contributed by atoms with Crippen LogP contribution < -0.4 is 14.9 Å². The SMILES string of the molecule is COCCCCOc1cc(OCC(=O)NN2CCCCC2)ccc1C(=O)OC. The van der Waals surface area contributed by atoms with Gasteiger partial charge >= 0.3 is 5.97 Å². The van der Waals surface area contributed by atoms with Gasteiger partial charge in [-0.05, 0) is 37.8 Å². The molecule has 0 aromatic heterocycles. The molecule has 1 saturated heterocycles. The molecule has 2 rings (SSSR count). The number of carbonyl (C=O) groups is 2. The molecule has 1 N–H and O–H groups in total. The van der Waals surface area contributed by atoms with E-state index >= 15 is 0 Å². The fraction of sp³-hybridized carbons (Fsp3) is 0.600. The van der Waals surface area contributed by atoms with Gasteiger partial charge in [0.15, 0.2) is 6.61 Å². The van der Waals surface area contributed by atoms with Gasteiger partial charge in [0.2, 0.25) is 0 Å². The molecule has 1 aliphatic heterocycles. The Bertz CT molecular complexity index is 631. The van der Waals surface area contributed by atoms with Gasteiger partial charge in [0.1, 0.15) is 17.1 Å². The van der Waals surface area contributed by atoms with Crippen LogP contribution in [0.5, 0.6) is 11.5 Å². The van der Waals surface area contributed by atoms with Crippen LogP contribution >= 0.6 is 0 Å². The van der Waals surface area contributed by atoms with Crippen LogP contribution in [0.4, 0.5) is 0 Å². The van der Waals surface area contributed by atoms with Crippen molar-refractivity contribution in [3.8, 4) is 11.5 Å². The smallest absolute Gasteiger partial charge is 0.341 e. The maximum atomic E-state index is 12.1. The summed E-state index contributed by atoms with van der Waals surface area (Å²) in [4.78, 5) is 24.0. The Hall–Kier alpha value is -2.32. The molecule has 8 heteroatoms. The highest BCUT2D eigenvalue weighted by Gasteiger charge is 2.16. The maximum Gasteiger partial charge on any atom is 0.341 e. The molecule has 1 amide bonds. The molecular formula is C20H30N2O6. The lowest BCUT2D eigenvalue weighted by atomic mass is 10.2. The molecule has 156 valence electrons. The first-order chi connectivity index (χ1) is 13.6. The van der Waals surface area contributed by atoms with Gasteiger partial charge in [-0.25, -0.2) is 9.80 Å². The Labute approximate surface area is 166 Å². The molecule has 0 aliphatic carbocycles. The van der Waals surface area contributed by atoms with Crippen molar-refractivity contribution in [2.24, 2.45) is 0 Å². The average Bonchev–Trinajstić information content (AvgIpc) is 2.72. The quantitative estimate of drug-likeness (QED) is 0.455. The van der Waals surface area contributed by atoms with E-state index in [1.54, 1.807) is 25.3 Å². The van der Waals surface area contributed by atoms with Crippen LogP contribution in [0, 0.1) is 0 Å². The van der Waals surface area contributed by atoms with Crippen LogP contribution in [0.3, 0.4) is 0 Å². The standard InChI is InChI=1S/C20H30N2O6/c1-25-12-6-7-13-27-18-14-16(8-9-17(18)20(24)26-2)28-15-19(23)21-22-10-4-3-5-11-22/h8-9,14H,3-7,10-13,15H2,1-2H3,(H,21,23). The lowest BCUT2D eigenvalue weighted by molar-refractivity contribution is -0.128. The van der Waals surface area contributed by atoms with E-state index in [0.29, 0.717) is 30.3 Å². The monoisotopic (exact) mass is 394 g/mol. The number of carbonyl (C=O) groups excluding carboxylic acids is 2. The summed E-state index contributed by atoms with van der Waals surface area (Å²) in [5.41, 5.74) is 3.17. The number of benzene rings is 1.